The first-order valence-electron chi connectivity index (χ1n) is 7.51. The second kappa shape index (κ2) is 8.33. The molecule has 0 saturated carbocycles. The van der Waals surface area contributed by atoms with E-state index >= 15 is 0 Å². The molecule has 134 valence electrons. The van der Waals surface area contributed by atoms with Crippen molar-refractivity contribution in [1.82, 2.24) is 4.72 Å². The molecule has 2 aromatic rings. The number of halogens is 1. The first kappa shape index (κ1) is 19.2. The number of anilines is 1. The number of carbonyl (C=O) groups excluding carboxylic acids is 1. The molecule has 0 heterocycles. The lowest BCUT2D eigenvalue weighted by Gasteiger charge is -2.10. The van der Waals surface area contributed by atoms with Crippen LogP contribution < -0.4 is 14.8 Å². The van der Waals surface area contributed by atoms with E-state index < -0.39 is 10.0 Å². The van der Waals surface area contributed by atoms with Crippen molar-refractivity contribution >= 4 is 33.2 Å². The molecule has 0 aliphatic heterocycles. The van der Waals surface area contributed by atoms with Crippen molar-refractivity contribution in [3.8, 4) is 5.75 Å². The molecule has 0 radical (unpaired) electrons. The lowest BCUT2D eigenvalue weighted by molar-refractivity contribution is -0.116. The Morgan fingerprint density at radius 3 is 2.44 bits per heavy atom. The Morgan fingerprint density at radius 1 is 1.16 bits per heavy atom. The average molecular weight is 383 g/mol. The maximum absolute atomic E-state index is 12.1. The summed E-state index contributed by atoms with van der Waals surface area (Å²) in [5.74, 6) is 0.340. The molecule has 6 nitrogen and oxygen atoms in total. The summed E-state index contributed by atoms with van der Waals surface area (Å²) in [5, 5.41) is 3.26. The van der Waals surface area contributed by atoms with Crippen LogP contribution in [-0.4, -0.2) is 28.5 Å². The number of amides is 1. The molecule has 0 aromatic heterocycles. The Morgan fingerprint density at radius 2 is 1.84 bits per heavy atom. The highest BCUT2D eigenvalue weighted by atomic mass is 35.5. The van der Waals surface area contributed by atoms with Crippen LogP contribution in [0, 0.1) is 0 Å². The van der Waals surface area contributed by atoms with Gasteiger partial charge in [0, 0.05) is 11.4 Å². The van der Waals surface area contributed by atoms with Crippen LogP contribution in [0.1, 0.15) is 12.0 Å². The molecular formula is C17H19ClN2O4S. The Hall–Kier alpha value is -2.09. The van der Waals surface area contributed by atoms with Crippen LogP contribution in [0.25, 0.3) is 0 Å². The number of sulfonamides is 1. The van der Waals surface area contributed by atoms with E-state index in [0.717, 1.165) is 5.56 Å². The zero-order chi connectivity index (χ0) is 18.4. The zero-order valence-corrected chi connectivity index (χ0v) is 15.4. The number of methoxy groups -OCH3 is 1. The van der Waals surface area contributed by atoms with Crippen LogP contribution in [0.3, 0.4) is 0 Å². The van der Waals surface area contributed by atoms with E-state index in [0.29, 0.717) is 22.9 Å². The van der Waals surface area contributed by atoms with Gasteiger partial charge in [0.25, 0.3) is 0 Å². The number of carbonyl (C=O) groups is 1. The monoisotopic (exact) mass is 382 g/mol. The highest BCUT2D eigenvalue weighted by Gasteiger charge is 2.11. The standard InChI is InChI=1S/C17H19ClN2O4S/c1-19-25(22,23)14-7-3-12(4-8-14)5-10-17(21)20-15-11-13(18)6-9-16(15)24-2/h3-4,6-9,11,19H,5,10H2,1-2H3,(H,20,21). The lowest BCUT2D eigenvalue weighted by Crippen LogP contribution is -2.18. The summed E-state index contributed by atoms with van der Waals surface area (Å²) in [6, 6.07) is 11.4. The van der Waals surface area contributed by atoms with Crippen molar-refractivity contribution in [2.45, 2.75) is 17.7 Å². The summed E-state index contributed by atoms with van der Waals surface area (Å²) in [6.07, 6.45) is 0.725. The van der Waals surface area contributed by atoms with Crippen LogP contribution >= 0.6 is 11.6 Å². The van der Waals surface area contributed by atoms with E-state index in [1.54, 1.807) is 30.3 Å². The van der Waals surface area contributed by atoms with Gasteiger partial charge < -0.3 is 10.1 Å². The van der Waals surface area contributed by atoms with Gasteiger partial charge in [0.2, 0.25) is 15.9 Å². The highest BCUT2D eigenvalue weighted by Crippen LogP contribution is 2.27. The third-order valence-electron chi connectivity index (χ3n) is 3.58. The Balaban J connectivity index is 1.98. The topological polar surface area (TPSA) is 84.5 Å². The van der Waals surface area contributed by atoms with Gasteiger partial charge in [0.1, 0.15) is 5.75 Å². The minimum absolute atomic E-state index is 0.187. The van der Waals surface area contributed by atoms with Crippen molar-refractivity contribution in [3.63, 3.8) is 0 Å². The van der Waals surface area contributed by atoms with E-state index in [2.05, 4.69) is 10.0 Å². The van der Waals surface area contributed by atoms with E-state index in [-0.39, 0.29) is 17.2 Å². The van der Waals surface area contributed by atoms with Crippen LogP contribution in [0.2, 0.25) is 5.02 Å². The van der Waals surface area contributed by atoms with Gasteiger partial charge in [-0.15, -0.1) is 0 Å². The van der Waals surface area contributed by atoms with Crippen molar-refractivity contribution < 1.29 is 17.9 Å². The van der Waals surface area contributed by atoms with Gasteiger partial charge in [-0.05, 0) is 49.4 Å². The molecule has 2 aromatic carbocycles. The lowest BCUT2D eigenvalue weighted by atomic mass is 10.1. The Labute approximate surface area is 152 Å². The third-order valence-corrected chi connectivity index (χ3v) is 5.24. The molecule has 0 spiro atoms. The number of nitrogens with one attached hydrogen (secondary N) is 2. The average Bonchev–Trinajstić information content (AvgIpc) is 2.60. The van der Waals surface area contributed by atoms with E-state index in [1.807, 2.05) is 0 Å². The number of hydrogen-bond donors (Lipinski definition) is 2. The van der Waals surface area contributed by atoms with Gasteiger partial charge >= 0.3 is 0 Å². The quantitative estimate of drug-likeness (QED) is 0.771. The van der Waals surface area contributed by atoms with Gasteiger partial charge in [-0.3, -0.25) is 4.79 Å². The zero-order valence-electron chi connectivity index (χ0n) is 13.9. The summed E-state index contributed by atoms with van der Waals surface area (Å²) >= 11 is 5.93. The molecular weight excluding hydrogens is 364 g/mol. The number of hydrogen-bond acceptors (Lipinski definition) is 4. The van der Waals surface area contributed by atoms with E-state index in [4.69, 9.17) is 16.3 Å². The minimum Gasteiger partial charge on any atom is -0.495 e. The van der Waals surface area contributed by atoms with Crippen molar-refractivity contribution in [1.29, 1.82) is 0 Å². The van der Waals surface area contributed by atoms with Gasteiger partial charge in [0.15, 0.2) is 0 Å². The van der Waals surface area contributed by atoms with Crippen LogP contribution in [0.15, 0.2) is 47.4 Å². The molecule has 0 fully saturated rings. The SMILES string of the molecule is CNS(=O)(=O)c1ccc(CCC(=O)Nc2cc(Cl)ccc2OC)cc1. The summed E-state index contributed by atoms with van der Waals surface area (Å²) in [4.78, 5) is 12.3. The second-order valence-electron chi connectivity index (χ2n) is 5.24. The van der Waals surface area contributed by atoms with Crippen molar-refractivity contribution in [2.24, 2.45) is 0 Å². The maximum atomic E-state index is 12.1. The Kier molecular flexibility index (Phi) is 6.41. The normalized spacial score (nSPS) is 11.2. The van der Waals surface area contributed by atoms with Gasteiger partial charge in [-0.2, -0.15) is 0 Å². The summed E-state index contributed by atoms with van der Waals surface area (Å²) in [5.41, 5.74) is 1.37. The molecule has 0 bridgehead atoms. The fourth-order valence-electron chi connectivity index (χ4n) is 2.20. The van der Waals surface area contributed by atoms with Gasteiger partial charge in [0.05, 0.1) is 17.7 Å². The Bertz CT molecular complexity index is 851. The van der Waals surface area contributed by atoms with E-state index in [1.165, 1.54) is 26.3 Å². The molecule has 0 unspecified atom stereocenters. The van der Waals surface area contributed by atoms with Crippen molar-refractivity contribution in [2.75, 3.05) is 19.5 Å². The molecule has 0 saturated heterocycles. The highest BCUT2D eigenvalue weighted by molar-refractivity contribution is 7.89. The number of ether oxygens (including phenoxy) is 1. The molecule has 2 rings (SSSR count). The fraction of sp³-hybridized carbons (Fsp3) is 0.235. The first-order chi connectivity index (χ1) is 11.9. The first-order valence-corrected chi connectivity index (χ1v) is 9.37. The predicted molar refractivity (Wildman–Crippen MR) is 97.6 cm³/mol. The summed E-state index contributed by atoms with van der Waals surface area (Å²) in [6.45, 7) is 0. The van der Waals surface area contributed by atoms with Crippen LogP contribution in [0.5, 0.6) is 5.75 Å². The number of rotatable bonds is 7. The molecule has 0 atom stereocenters. The predicted octanol–water partition coefficient (Wildman–Crippen LogP) is 2.83. The van der Waals surface area contributed by atoms with Gasteiger partial charge in [-0.1, -0.05) is 23.7 Å². The number of benzene rings is 2. The molecule has 0 aliphatic rings. The van der Waals surface area contributed by atoms with Gasteiger partial charge in [-0.25, -0.2) is 13.1 Å². The minimum atomic E-state index is -3.45. The third kappa shape index (κ3) is 5.19. The molecule has 8 heteroatoms. The van der Waals surface area contributed by atoms with Crippen molar-refractivity contribution in [3.05, 3.63) is 53.1 Å². The molecule has 1 amide bonds. The van der Waals surface area contributed by atoms with Crippen LogP contribution in [-0.2, 0) is 21.2 Å². The summed E-state index contributed by atoms with van der Waals surface area (Å²) in [7, 11) is -0.582. The smallest absolute Gasteiger partial charge is 0.240 e. The summed E-state index contributed by atoms with van der Waals surface area (Å²) < 4.78 is 30.8. The van der Waals surface area contributed by atoms with E-state index in [9.17, 15) is 13.2 Å². The number of aryl methyl sites for hydroxylation is 1. The molecule has 0 aliphatic carbocycles. The van der Waals surface area contributed by atoms with Crippen LogP contribution in [0.4, 0.5) is 5.69 Å². The molecule has 2 N–H and O–H groups in total. The largest absolute Gasteiger partial charge is 0.495 e. The maximum Gasteiger partial charge on any atom is 0.240 e. The second-order valence-corrected chi connectivity index (χ2v) is 7.57. The molecule has 25 heavy (non-hydrogen) atoms. The fourth-order valence-corrected chi connectivity index (χ4v) is 3.10.